The van der Waals surface area contributed by atoms with Crippen LogP contribution in [0.15, 0.2) is 54.6 Å². The molecule has 3 rings (SSSR count). The van der Waals surface area contributed by atoms with Gasteiger partial charge in [0.25, 0.3) is 5.91 Å². The van der Waals surface area contributed by atoms with E-state index in [1.54, 1.807) is 43.2 Å². The van der Waals surface area contributed by atoms with E-state index in [0.717, 1.165) is 10.6 Å². The quantitative estimate of drug-likeness (QED) is 0.763. The number of nitrogens with zero attached hydrogens (tertiary/aromatic N) is 2. The number of imide groups is 1. The van der Waals surface area contributed by atoms with Crippen LogP contribution >= 0.6 is 0 Å². The lowest BCUT2D eigenvalue weighted by atomic mass is 9.92. The first-order valence-electron chi connectivity index (χ1n) is 9.43. The maximum atomic E-state index is 13.1. The number of amides is 4. The summed E-state index contributed by atoms with van der Waals surface area (Å²) in [4.78, 5) is 41.2. The summed E-state index contributed by atoms with van der Waals surface area (Å²) in [5.74, 6) is -0.136. The molecule has 2 aromatic rings. The molecule has 1 N–H and O–H groups in total. The van der Waals surface area contributed by atoms with E-state index in [2.05, 4.69) is 5.32 Å². The molecule has 29 heavy (non-hydrogen) atoms. The second-order valence-electron chi connectivity index (χ2n) is 7.37. The van der Waals surface area contributed by atoms with Crippen molar-refractivity contribution in [1.82, 2.24) is 10.2 Å². The molecule has 1 aliphatic heterocycles. The monoisotopic (exact) mass is 395 g/mol. The lowest BCUT2D eigenvalue weighted by Gasteiger charge is -2.28. The van der Waals surface area contributed by atoms with E-state index in [9.17, 15) is 14.4 Å². The average Bonchev–Trinajstić information content (AvgIpc) is 2.92. The van der Waals surface area contributed by atoms with Gasteiger partial charge in [-0.3, -0.25) is 14.5 Å². The Morgan fingerprint density at radius 2 is 1.72 bits per heavy atom. The Hall–Kier alpha value is -3.35. The molecule has 0 aromatic heterocycles. The molecule has 1 atom stereocenters. The number of hydrogen-bond donors (Lipinski definition) is 1. The molecular formula is C22H25N3O4. The highest BCUT2D eigenvalue weighted by Crippen LogP contribution is 2.30. The Bertz CT molecular complexity index is 911. The Balaban J connectivity index is 1.83. The van der Waals surface area contributed by atoms with E-state index >= 15 is 0 Å². The zero-order valence-electron chi connectivity index (χ0n) is 17.0. The molecule has 0 bridgehead atoms. The molecular weight excluding hydrogens is 370 g/mol. The van der Waals surface area contributed by atoms with Crippen LogP contribution in [-0.4, -0.2) is 42.4 Å². The number of urea groups is 1. The third-order valence-corrected chi connectivity index (χ3v) is 5.06. The predicted molar refractivity (Wildman–Crippen MR) is 110 cm³/mol. The predicted octanol–water partition coefficient (Wildman–Crippen LogP) is 2.90. The zero-order chi connectivity index (χ0) is 21.2. The van der Waals surface area contributed by atoms with Gasteiger partial charge in [0, 0.05) is 11.7 Å². The number of anilines is 1. The number of rotatable bonds is 6. The summed E-state index contributed by atoms with van der Waals surface area (Å²) in [7, 11) is 1.56. The van der Waals surface area contributed by atoms with Crippen molar-refractivity contribution in [2.24, 2.45) is 0 Å². The van der Waals surface area contributed by atoms with Crippen molar-refractivity contribution in [3.8, 4) is 5.75 Å². The molecule has 2 aromatic carbocycles. The largest absolute Gasteiger partial charge is 0.497 e. The molecule has 4 amide bonds. The lowest BCUT2D eigenvalue weighted by Crippen LogP contribution is -2.46. The van der Waals surface area contributed by atoms with Crippen LogP contribution in [0.1, 0.15) is 26.3 Å². The van der Waals surface area contributed by atoms with E-state index in [1.807, 2.05) is 44.2 Å². The highest BCUT2D eigenvalue weighted by atomic mass is 16.5. The molecule has 1 heterocycles. The topological polar surface area (TPSA) is 79.0 Å². The third-order valence-electron chi connectivity index (χ3n) is 5.06. The van der Waals surface area contributed by atoms with Gasteiger partial charge in [-0.1, -0.05) is 30.3 Å². The van der Waals surface area contributed by atoms with Gasteiger partial charge in [0.05, 0.1) is 7.11 Å². The van der Waals surface area contributed by atoms with E-state index in [4.69, 9.17) is 4.74 Å². The van der Waals surface area contributed by atoms with Crippen LogP contribution < -0.4 is 15.0 Å². The van der Waals surface area contributed by atoms with E-state index < -0.39 is 17.5 Å². The number of nitrogens with one attached hydrogen (secondary N) is 1. The summed E-state index contributed by atoms with van der Waals surface area (Å²) in [6, 6.07) is 15.4. The molecule has 7 nitrogen and oxygen atoms in total. The summed E-state index contributed by atoms with van der Waals surface area (Å²) in [6.45, 7) is 5.08. The zero-order valence-corrected chi connectivity index (χ0v) is 17.0. The van der Waals surface area contributed by atoms with Gasteiger partial charge in [-0.05, 0) is 50.6 Å². The minimum Gasteiger partial charge on any atom is -0.497 e. The second-order valence-corrected chi connectivity index (χ2v) is 7.37. The van der Waals surface area contributed by atoms with Crippen LogP contribution in [0.3, 0.4) is 0 Å². The number of methoxy groups -OCH3 is 1. The van der Waals surface area contributed by atoms with Crippen LogP contribution in [0.4, 0.5) is 10.5 Å². The standard InChI is InChI=1S/C22H25N3O4/c1-15(2)25(17-8-6-5-7-9-17)19(26)14-24-20(27)22(3,23-21(24)28)16-10-12-18(29-4)13-11-16/h5-13,15H,14H2,1-4H3,(H,23,28). The molecule has 1 aliphatic rings. The fourth-order valence-electron chi connectivity index (χ4n) is 3.49. The normalized spacial score (nSPS) is 18.7. The number of benzene rings is 2. The average molecular weight is 395 g/mol. The maximum Gasteiger partial charge on any atom is 0.325 e. The van der Waals surface area contributed by atoms with Gasteiger partial charge < -0.3 is 15.0 Å². The van der Waals surface area contributed by atoms with Crippen molar-refractivity contribution in [3.05, 3.63) is 60.2 Å². The summed E-state index contributed by atoms with van der Waals surface area (Å²) < 4.78 is 5.14. The number of carbonyl (C=O) groups is 3. The highest BCUT2D eigenvalue weighted by molar-refractivity contribution is 6.10. The van der Waals surface area contributed by atoms with Gasteiger partial charge in [0.2, 0.25) is 5.91 Å². The number of hydrogen-bond acceptors (Lipinski definition) is 4. The molecule has 152 valence electrons. The number of ether oxygens (including phenoxy) is 1. The number of carbonyl (C=O) groups excluding carboxylic acids is 3. The Labute approximate surface area is 170 Å². The summed E-state index contributed by atoms with van der Waals surface area (Å²) in [5, 5.41) is 2.72. The third kappa shape index (κ3) is 3.81. The van der Waals surface area contributed by atoms with Crippen molar-refractivity contribution in [2.75, 3.05) is 18.6 Å². The van der Waals surface area contributed by atoms with Crippen LogP contribution in [0.2, 0.25) is 0 Å². The molecule has 7 heteroatoms. The van der Waals surface area contributed by atoms with Gasteiger partial charge in [0.15, 0.2) is 0 Å². The number of para-hydroxylation sites is 1. The Morgan fingerprint density at radius 1 is 1.10 bits per heavy atom. The first-order chi connectivity index (χ1) is 13.8. The second kappa shape index (κ2) is 7.95. The smallest absolute Gasteiger partial charge is 0.325 e. The van der Waals surface area contributed by atoms with E-state index in [0.29, 0.717) is 11.3 Å². The fourth-order valence-corrected chi connectivity index (χ4v) is 3.49. The molecule has 1 saturated heterocycles. The van der Waals surface area contributed by atoms with Crippen molar-refractivity contribution in [2.45, 2.75) is 32.4 Å². The maximum absolute atomic E-state index is 13.1. The van der Waals surface area contributed by atoms with E-state index in [1.165, 1.54) is 0 Å². The minimum absolute atomic E-state index is 0.126. The van der Waals surface area contributed by atoms with Gasteiger partial charge in [-0.25, -0.2) is 4.79 Å². The van der Waals surface area contributed by atoms with Crippen LogP contribution in [-0.2, 0) is 15.1 Å². The van der Waals surface area contributed by atoms with E-state index in [-0.39, 0.29) is 18.5 Å². The molecule has 0 spiro atoms. The molecule has 1 fully saturated rings. The lowest BCUT2D eigenvalue weighted by molar-refractivity contribution is -0.134. The SMILES string of the molecule is COc1ccc(C2(C)NC(=O)N(CC(=O)N(c3ccccc3)C(C)C)C2=O)cc1. The van der Waals surface area contributed by atoms with Crippen LogP contribution in [0, 0.1) is 0 Å². The molecule has 0 radical (unpaired) electrons. The van der Waals surface area contributed by atoms with Gasteiger partial charge >= 0.3 is 6.03 Å². The van der Waals surface area contributed by atoms with Gasteiger partial charge in [-0.15, -0.1) is 0 Å². The van der Waals surface area contributed by atoms with Crippen molar-refractivity contribution >= 4 is 23.5 Å². The molecule has 0 aliphatic carbocycles. The van der Waals surface area contributed by atoms with Crippen LogP contribution in [0.5, 0.6) is 5.75 Å². The van der Waals surface area contributed by atoms with Crippen molar-refractivity contribution in [1.29, 1.82) is 0 Å². The van der Waals surface area contributed by atoms with Gasteiger partial charge in [-0.2, -0.15) is 0 Å². The molecule has 0 saturated carbocycles. The minimum atomic E-state index is -1.24. The Kier molecular flexibility index (Phi) is 5.59. The highest BCUT2D eigenvalue weighted by Gasteiger charge is 2.49. The first kappa shape index (κ1) is 20.4. The van der Waals surface area contributed by atoms with Crippen LogP contribution in [0.25, 0.3) is 0 Å². The molecule has 1 unspecified atom stereocenters. The van der Waals surface area contributed by atoms with Crippen molar-refractivity contribution < 1.29 is 19.1 Å². The summed E-state index contributed by atoms with van der Waals surface area (Å²) in [5.41, 5.74) is 0.104. The summed E-state index contributed by atoms with van der Waals surface area (Å²) in [6.07, 6.45) is 0. The fraction of sp³-hybridized carbons (Fsp3) is 0.318. The first-order valence-corrected chi connectivity index (χ1v) is 9.43. The Morgan fingerprint density at radius 3 is 2.28 bits per heavy atom. The summed E-state index contributed by atoms with van der Waals surface area (Å²) >= 11 is 0. The van der Waals surface area contributed by atoms with Crippen molar-refractivity contribution in [3.63, 3.8) is 0 Å². The van der Waals surface area contributed by atoms with Gasteiger partial charge in [0.1, 0.15) is 17.8 Å².